The maximum atomic E-state index is 12.8. The Morgan fingerprint density at radius 2 is 1.70 bits per heavy atom. The molecule has 3 fully saturated rings. The Labute approximate surface area is 199 Å². The molecule has 0 radical (unpaired) electrons. The molecule has 1 aromatic rings. The number of ether oxygens (including phenoxy) is 1. The topological polar surface area (TPSA) is 92.8 Å². The quantitative estimate of drug-likeness (QED) is 0.327. The molecule has 3 amide bonds. The van der Waals surface area contributed by atoms with Gasteiger partial charge in [-0.1, -0.05) is 61.1 Å². The van der Waals surface area contributed by atoms with Crippen LogP contribution in [0.2, 0.25) is 10.0 Å². The number of carbonyl (C=O) groups excluding carboxylic acids is 4. The van der Waals surface area contributed by atoms with E-state index >= 15 is 0 Å². The summed E-state index contributed by atoms with van der Waals surface area (Å²) in [6.45, 7) is -1.09. The number of rotatable bonds is 5. The molecule has 1 N–H and O–H groups in total. The highest BCUT2D eigenvalue weighted by Crippen LogP contribution is 2.60. The highest BCUT2D eigenvalue weighted by molar-refractivity contribution is 9.12. The molecule has 0 aromatic heterocycles. The van der Waals surface area contributed by atoms with Crippen LogP contribution in [-0.4, -0.2) is 51.4 Å². The van der Waals surface area contributed by atoms with E-state index < -0.39 is 36.9 Å². The first-order chi connectivity index (χ1) is 14.2. The van der Waals surface area contributed by atoms with E-state index in [9.17, 15) is 19.2 Å². The van der Waals surface area contributed by atoms with E-state index in [-0.39, 0.29) is 49.0 Å². The van der Waals surface area contributed by atoms with Crippen molar-refractivity contribution < 1.29 is 23.9 Å². The zero-order valence-electron chi connectivity index (χ0n) is 15.3. The summed E-state index contributed by atoms with van der Waals surface area (Å²) in [5, 5.41) is 2.93. The third kappa shape index (κ3) is 3.67. The van der Waals surface area contributed by atoms with E-state index in [4.69, 9.17) is 27.9 Å². The molecular formula is C19H16Br2Cl2N2O5. The molecule has 11 heteroatoms. The fourth-order valence-corrected chi connectivity index (χ4v) is 6.89. The van der Waals surface area contributed by atoms with Crippen LogP contribution in [0.3, 0.4) is 0 Å². The van der Waals surface area contributed by atoms with Gasteiger partial charge in [-0.2, -0.15) is 0 Å². The zero-order valence-corrected chi connectivity index (χ0v) is 20.0. The molecule has 1 saturated heterocycles. The molecular weight excluding hydrogens is 567 g/mol. The number of amides is 3. The molecule has 1 aliphatic heterocycles. The van der Waals surface area contributed by atoms with Gasteiger partial charge < -0.3 is 10.1 Å². The standard InChI is InChI=1S/C19H16Br2Cl2N2O5/c20-15-7-4-8(16(15)21)14-13(7)18(28)25(19(14)29)5-12(27)30-6-11(26)24-10-3-1-2-9(22)17(10)23/h1-3,7-8,13-16H,4-6H2,(H,24,26)/t7-,8-,13-,14-,15-,16+/m1/s1. The van der Waals surface area contributed by atoms with Crippen LogP contribution in [0, 0.1) is 23.7 Å². The van der Waals surface area contributed by atoms with Crippen LogP contribution in [0.1, 0.15) is 6.42 Å². The summed E-state index contributed by atoms with van der Waals surface area (Å²) in [4.78, 5) is 51.0. The Morgan fingerprint density at radius 1 is 1.10 bits per heavy atom. The molecule has 7 nitrogen and oxygen atoms in total. The van der Waals surface area contributed by atoms with E-state index in [1.165, 1.54) is 0 Å². The third-order valence-corrected chi connectivity index (χ3v) is 9.98. The van der Waals surface area contributed by atoms with Crippen molar-refractivity contribution in [2.75, 3.05) is 18.5 Å². The Kier molecular flexibility index (Phi) is 6.18. The minimum absolute atomic E-state index is 0.0649. The van der Waals surface area contributed by atoms with Crippen LogP contribution >= 0.6 is 55.1 Å². The zero-order chi connectivity index (χ0) is 21.7. The fourth-order valence-electron chi connectivity index (χ4n) is 4.67. The number of likely N-dealkylation sites (tertiary alicyclic amines) is 1. The summed E-state index contributed by atoms with van der Waals surface area (Å²) in [5.41, 5.74) is 0.284. The second-order valence-corrected chi connectivity index (χ2v) is 10.5. The number of esters is 1. The van der Waals surface area contributed by atoms with Gasteiger partial charge in [-0.25, -0.2) is 0 Å². The summed E-state index contributed by atoms with van der Waals surface area (Å²) in [7, 11) is 0. The molecule has 160 valence electrons. The van der Waals surface area contributed by atoms with Crippen LogP contribution < -0.4 is 5.32 Å². The van der Waals surface area contributed by atoms with Gasteiger partial charge >= 0.3 is 5.97 Å². The maximum Gasteiger partial charge on any atom is 0.326 e. The second-order valence-electron chi connectivity index (χ2n) is 7.58. The number of alkyl halides is 2. The smallest absolute Gasteiger partial charge is 0.326 e. The average molecular weight is 583 g/mol. The van der Waals surface area contributed by atoms with Crippen molar-refractivity contribution in [3.8, 4) is 0 Å². The van der Waals surface area contributed by atoms with Gasteiger partial charge in [-0.15, -0.1) is 0 Å². The number of fused-ring (bicyclic) bond motifs is 5. The molecule has 30 heavy (non-hydrogen) atoms. The van der Waals surface area contributed by atoms with Crippen molar-refractivity contribution in [1.82, 2.24) is 4.90 Å². The fraction of sp³-hybridized carbons (Fsp3) is 0.474. The lowest BCUT2D eigenvalue weighted by Gasteiger charge is -2.28. The number of hydrogen-bond donors (Lipinski definition) is 1. The van der Waals surface area contributed by atoms with Crippen molar-refractivity contribution >= 4 is 84.4 Å². The molecule has 3 aliphatic rings. The molecule has 2 bridgehead atoms. The van der Waals surface area contributed by atoms with E-state index in [0.717, 1.165) is 11.3 Å². The van der Waals surface area contributed by atoms with Crippen LogP contribution in [0.4, 0.5) is 5.69 Å². The molecule has 4 rings (SSSR count). The average Bonchev–Trinajstić information content (AvgIpc) is 3.31. The summed E-state index contributed by atoms with van der Waals surface area (Å²) in [6, 6.07) is 4.73. The summed E-state index contributed by atoms with van der Waals surface area (Å²) in [6.07, 6.45) is 0.809. The lowest BCUT2D eigenvalue weighted by molar-refractivity contribution is -0.154. The largest absolute Gasteiger partial charge is 0.454 e. The number of imide groups is 1. The van der Waals surface area contributed by atoms with Crippen LogP contribution in [0.15, 0.2) is 18.2 Å². The second kappa shape index (κ2) is 8.41. The van der Waals surface area contributed by atoms with Gasteiger partial charge in [0.05, 0.1) is 27.6 Å². The summed E-state index contributed by atoms with van der Waals surface area (Å²) < 4.78 is 4.95. The minimum atomic E-state index is -0.831. The van der Waals surface area contributed by atoms with Crippen molar-refractivity contribution in [2.24, 2.45) is 23.7 Å². The normalized spacial score (nSPS) is 31.8. The Balaban J connectivity index is 1.33. The number of carbonyl (C=O) groups is 4. The van der Waals surface area contributed by atoms with Gasteiger partial charge in [-0.05, 0) is 30.4 Å². The molecule has 6 atom stereocenters. The van der Waals surface area contributed by atoms with Gasteiger partial charge in [-0.3, -0.25) is 24.1 Å². The monoisotopic (exact) mass is 580 g/mol. The van der Waals surface area contributed by atoms with Crippen molar-refractivity contribution in [2.45, 2.75) is 16.1 Å². The van der Waals surface area contributed by atoms with Gasteiger partial charge in [0.15, 0.2) is 6.61 Å². The highest BCUT2D eigenvalue weighted by atomic mass is 79.9. The van der Waals surface area contributed by atoms with E-state index in [1.54, 1.807) is 18.2 Å². The van der Waals surface area contributed by atoms with E-state index in [2.05, 4.69) is 37.2 Å². The number of benzene rings is 1. The number of anilines is 1. The SMILES string of the molecule is O=C(COC(=O)CN1C(=O)[C@@H]2[C@H]3C[C@@H]([C@@H](Br)[C@H]3Br)[C@H]2C1=O)Nc1cccc(Cl)c1Cl. The molecule has 2 aliphatic carbocycles. The van der Waals surface area contributed by atoms with E-state index in [1.807, 2.05) is 0 Å². The number of nitrogens with zero attached hydrogens (tertiary/aromatic N) is 1. The van der Waals surface area contributed by atoms with Gasteiger partial charge in [0.1, 0.15) is 6.54 Å². The van der Waals surface area contributed by atoms with Gasteiger partial charge in [0, 0.05) is 9.65 Å². The van der Waals surface area contributed by atoms with Gasteiger partial charge in [0.2, 0.25) is 11.8 Å². The van der Waals surface area contributed by atoms with Crippen molar-refractivity contribution in [3.63, 3.8) is 0 Å². The van der Waals surface area contributed by atoms with Crippen molar-refractivity contribution in [3.05, 3.63) is 28.2 Å². The number of nitrogens with one attached hydrogen (secondary N) is 1. The number of hydrogen-bond acceptors (Lipinski definition) is 5. The van der Waals surface area contributed by atoms with Crippen LogP contribution in [0.25, 0.3) is 0 Å². The van der Waals surface area contributed by atoms with Crippen LogP contribution in [0.5, 0.6) is 0 Å². The first-order valence-corrected chi connectivity index (χ1v) is 11.8. The molecule has 2 saturated carbocycles. The molecule has 0 unspecified atom stereocenters. The number of halogens is 4. The summed E-state index contributed by atoms with van der Waals surface area (Å²) >= 11 is 19.1. The highest BCUT2D eigenvalue weighted by Gasteiger charge is 2.66. The first-order valence-electron chi connectivity index (χ1n) is 9.23. The van der Waals surface area contributed by atoms with E-state index in [0.29, 0.717) is 0 Å². The van der Waals surface area contributed by atoms with Crippen LogP contribution in [-0.2, 0) is 23.9 Å². The third-order valence-electron chi connectivity index (χ3n) is 5.96. The lowest BCUT2D eigenvalue weighted by Crippen LogP contribution is -2.38. The van der Waals surface area contributed by atoms with Gasteiger partial charge in [0.25, 0.3) is 5.91 Å². The van der Waals surface area contributed by atoms with Crippen molar-refractivity contribution in [1.29, 1.82) is 0 Å². The molecule has 1 heterocycles. The molecule has 1 aromatic carbocycles. The Morgan fingerprint density at radius 3 is 2.30 bits per heavy atom. The first kappa shape index (κ1) is 22.0. The Bertz CT molecular complexity index is 913. The lowest BCUT2D eigenvalue weighted by atomic mass is 9.81. The predicted molar refractivity (Wildman–Crippen MR) is 117 cm³/mol. The maximum absolute atomic E-state index is 12.8. The molecule has 0 spiro atoms. The predicted octanol–water partition coefficient (Wildman–Crippen LogP) is 3.25. The summed E-state index contributed by atoms with van der Waals surface area (Å²) in [5.74, 6) is -2.80. The minimum Gasteiger partial charge on any atom is -0.454 e. The Hall–Kier alpha value is -1.16.